The third-order valence-corrected chi connectivity index (χ3v) is 2.68. The summed E-state index contributed by atoms with van der Waals surface area (Å²) in [6.07, 6.45) is 4.97. The van der Waals surface area contributed by atoms with Crippen LogP contribution in [-0.4, -0.2) is 0 Å². The molecule has 1 fully saturated rings. The Morgan fingerprint density at radius 2 is 2.08 bits per heavy atom. The number of fused-ring (bicyclic) bond motifs is 1. The van der Waals surface area contributed by atoms with Gasteiger partial charge in [0.2, 0.25) is 0 Å². The van der Waals surface area contributed by atoms with Gasteiger partial charge in [-0.15, -0.1) is 0 Å². The maximum absolute atomic E-state index is 5.64. The molecule has 13 heavy (non-hydrogen) atoms. The number of hydrogen-bond acceptors (Lipinski definition) is 1. The number of ether oxygens (including phenoxy) is 1. The Labute approximate surface area is 78.0 Å². The summed E-state index contributed by atoms with van der Waals surface area (Å²) in [5.74, 6) is 1.90. The van der Waals surface area contributed by atoms with Crippen molar-refractivity contribution in [1.82, 2.24) is 0 Å². The van der Waals surface area contributed by atoms with Crippen molar-refractivity contribution in [3.05, 3.63) is 41.5 Å². The highest BCUT2D eigenvalue weighted by atomic mass is 16.5. The van der Waals surface area contributed by atoms with Crippen LogP contribution >= 0.6 is 0 Å². The number of allylic oxidation sites excluding steroid dienone is 1. The molecular weight excluding hydrogens is 160 g/mol. The van der Waals surface area contributed by atoms with Gasteiger partial charge in [0.25, 0.3) is 0 Å². The van der Waals surface area contributed by atoms with Crippen molar-refractivity contribution in [3.8, 4) is 0 Å². The average molecular weight is 172 g/mol. The quantitative estimate of drug-likeness (QED) is 0.632. The Balaban J connectivity index is 2.01. The molecule has 1 nitrogen and oxygen atoms in total. The van der Waals surface area contributed by atoms with E-state index >= 15 is 0 Å². The summed E-state index contributed by atoms with van der Waals surface area (Å²) in [6.45, 7) is 0.759. The monoisotopic (exact) mass is 172 g/mol. The van der Waals surface area contributed by atoms with E-state index in [1.54, 1.807) is 0 Å². The normalized spacial score (nSPS) is 22.9. The standard InChI is InChI=1S/C12H12O/c1-2-4-11-10(3-1)8-13-12(11)7-9-5-6-9/h1-4,7,9H,5-6,8H2/b12-7-. The number of hydrogen-bond donors (Lipinski definition) is 0. The van der Waals surface area contributed by atoms with Gasteiger partial charge in [-0.1, -0.05) is 24.3 Å². The molecule has 2 aliphatic rings. The smallest absolute Gasteiger partial charge is 0.123 e. The molecule has 1 aliphatic heterocycles. The maximum Gasteiger partial charge on any atom is 0.123 e. The summed E-state index contributed by atoms with van der Waals surface area (Å²) >= 11 is 0. The average Bonchev–Trinajstić information content (AvgIpc) is 2.88. The molecule has 1 saturated carbocycles. The van der Waals surface area contributed by atoms with Gasteiger partial charge in [-0.25, -0.2) is 0 Å². The zero-order chi connectivity index (χ0) is 8.67. The second-order valence-electron chi connectivity index (χ2n) is 3.81. The Kier molecular flexibility index (Phi) is 1.45. The van der Waals surface area contributed by atoms with E-state index in [9.17, 15) is 0 Å². The first kappa shape index (κ1) is 7.19. The molecule has 0 radical (unpaired) electrons. The maximum atomic E-state index is 5.64. The SMILES string of the molecule is C(=C1/OCc2ccccc21)/C1CC1. The predicted octanol–water partition coefficient (Wildman–Crippen LogP) is 2.97. The Morgan fingerprint density at radius 3 is 2.92 bits per heavy atom. The van der Waals surface area contributed by atoms with Crippen molar-refractivity contribution in [2.75, 3.05) is 0 Å². The summed E-state index contributed by atoms with van der Waals surface area (Å²) in [4.78, 5) is 0. The van der Waals surface area contributed by atoms with Gasteiger partial charge in [-0.05, 0) is 24.8 Å². The molecule has 0 unspecified atom stereocenters. The molecule has 0 saturated heterocycles. The van der Waals surface area contributed by atoms with E-state index in [2.05, 4.69) is 30.3 Å². The molecule has 1 heterocycles. The molecule has 0 bridgehead atoms. The fraction of sp³-hybridized carbons (Fsp3) is 0.333. The van der Waals surface area contributed by atoms with Crippen molar-refractivity contribution >= 4 is 5.76 Å². The van der Waals surface area contributed by atoms with Crippen LogP contribution in [0.2, 0.25) is 0 Å². The molecule has 0 aromatic heterocycles. The first-order chi connectivity index (χ1) is 6.43. The van der Waals surface area contributed by atoms with Crippen LogP contribution in [0.15, 0.2) is 30.3 Å². The van der Waals surface area contributed by atoms with Gasteiger partial charge in [-0.2, -0.15) is 0 Å². The Morgan fingerprint density at radius 1 is 1.23 bits per heavy atom. The largest absolute Gasteiger partial charge is 0.489 e. The molecule has 0 amide bonds. The van der Waals surface area contributed by atoms with Crippen LogP contribution < -0.4 is 0 Å². The van der Waals surface area contributed by atoms with Crippen LogP contribution in [-0.2, 0) is 11.3 Å². The van der Waals surface area contributed by atoms with Crippen molar-refractivity contribution in [1.29, 1.82) is 0 Å². The lowest BCUT2D eigenvalue weighted by Gasteiger charge is -1.97. The topological polar surface area (TPSA) is 9.23 Å². The lowest BCUT2D eigenvalue weighted by molar-refractivity contribution is 0.284. The van der Waals surface area contributed by atoms with E-state index in [0.717, 1.165) is 18.3 Å². The van der Waals surface area contributed by atoms with Crippen LogP contribution in [0.1, 0.15) is 24.0 Å². The van der Waals surface area contributed by atoms with E-state index in [4.69, 9.17) is 4.74 Å². The Bertz CT molecular complexity index is 361. The van der Waals surface area contributed by atoms with Gasteiger partial charge in [-0.3, -0.25) is 0 Å². The highest BCUT2D eigenvalue weighted by Gasteiger charge is 2.23. The van der Waals surface area contributed by atoms with E-state index in [1.165, 1.54) is 24.0 Å². The third-order valence-electron chi connectivity index (χ3n) is 2.68. The molecule has 0 N–H and O–H groups in total. The van der Waals surface area contributed by atoms with Crippen molar-refractivity contribution in [2.45, 2.75) is 19.4 Å². The summed E-state index contributed by atoms with van der Waals surface area (Å²) in [7, 11) is 0. The van der Waals surface area contributed by atoms with Crippen LogP contribution in [0.25, 0.3) is 5.76 Å². The van der Waals surface area contributed by atoms with Gasteiger partial charge < -0.3 is 4.74 Å². The molecule has 1 aliphatic carbocycles. The highest BCUT2D eigenvalue weighted by Crippen LogP contribution is 2.37. The molecular formula is C12H12O. The van der Waals surface area contributed by atoms with E-state index in [0.29, 0.717) is 0 Å². The third kappa shape index (κ3) is 1.24. The molecule has 1 aromatic carbocycles. The molecule has 1 aromatic rings. The summed E-state index contributed by atoms with van der Waals surface area (Å²) in [5, 5.41) is 0. The van der Waals surface area contributed by atoms with Gasteiger partial charge in [0.1, 0.15) is 12.4 Å². The molecule has 1 heteroatoms. The van der Waals surface area contributed by atoms with Crippen molar-refractivity contribution in [2.24, 2.45) is 5.92 Å². The zero-order valence-electron chi connectivity index (χ0n) is 7.49. The summed E-state index contributed by atoms with van der Waals surface area (Å²) in [5.41, 5.74) is 2.63. The lowest BCUT2D eigenvalue weighted by Crippen LogP contribution is -1.79. The molecule has 66 valence electrons. The predicted molar refractivity (Wildman–Crippen MR) is 51.9 cm³/mol. The molecule has 0 spiro atoms. The van der Waals surface area contributed by atoms with E-state index < -0.39 is 0 Å². The van der Waals surface area contributed by atoms with Gasteiger partial charge in [0, 0.05) is 11.1 Å². The minimum atomic E-state index is 0.759. The minimum absolute atomic E-state index is 0.759. The molecule has 0 atom stereocenters. The number of rotatable bonds is 1. The van der Waals surface area contributed by atoms with Crippen LogP contribution in [0, 0.1) is 5.92 Å². The van der Waals surface area contributed by atoms with Crippen LogP contribution in [0.4, 0.5) is 0 Å². The highest BCUT2D eigenvalue weighted by molar-refractivity contribution is 5.66. The molecule has 3 rings (SSSR count). The summed E-state index contributed by atoms with van der Waals surface area (Å²) < 4.78 is 5.64. The van der Waals surface area contributed by atoms with Gasteiger partial charge >= 0.3 is 0 Å². The lowest BCUT2D eigenvalue weighted by atomic mass is 10.1. The van der Waals surface area contributed by atoms with Crippen molar-refractivity contribution in [3.63, 3.8) is 0 Å². The second kappa shape index (κ2) is 2.63. The van der Waals surface area contributed by atoms with Crippen molar-refractivity contribution < 1.29 is 4.74 Å². The zero-order valence-corrected chi connectivity index (χ0v) is 7.49. The Hall–Kier alpha value is -1.24. The van der Waals surface area contributed by atoms with Crippen LogP contribution in [0.5, 0.6) is 0 Å². The fourth-order valence-electron chi connectivity index (χ4n) is 1.73. The van der Waals surface area contributed by atoms with E-state index in [-0.39, 0.29) is 0 Å². The second-order valence-corrected chi connectivity index (χ2v) is 3.81. The van der Waals surface area contributed by atoms with Gasteiger partial charge in [0.05, 0.1) is 0 Å². The minimum Gasteiger partial charge on any atom is -0.489 e. The van der Waals surface area contributed by atoms with E-state index in [1.807, 2.05) is 0 Å². The van der Waals surface area contributed by atoms with Gasteiger partial charge in [0.15, 0.2) is 0 Å². The fourth-order valence-corrected chi connectivity index (χ4v) is 1.73. The summed E-state index contributed by atoms with van der Waals surface area (Å²) in [6, 6.07) is 8.44. The first-order valence-corrected chi connectivity index (χ1v) is 4.86. The first-order valence-electron chi connectivity index (χ1n) is 4.86. The number of benzene rings is 1. The van der Waals surface area contributed by atoms with Crippen LogP contribution in [0.3, 0.4) is 0 Å².